The molecular formula is C13H21ClFN3O5S. The van der Waals surface area contributed by atoms with Gasteiger partial charge in [-0.25, -0.2) is 17.1 Å². The van der Waals surface area contributed by atoms with Crippen LogP contribution in [0.3, 0.4) is 0 Å². The largest absolute Gasteiger partial charge is 0.488 e. The molecule has 0 saturated heterocycles. The van der Waals surface area contributed by atoms with Gasteiger partial charge in [0.2, 0.25) is 15.8 Å². The summed E-state index contributed by atoms with van der Waals surface area (Å²) in [5, 5.41) is 11.0. The molecule has 0 aliphatic heterocycles. The van der Waals surface area contributed by atoms with E-state index in [1.54, 1.807) is 13.8 Å². The van der Waals surface area contributed by atoms with Crippen LogP contribution in [0.25, 0.3) is 0 Å². The highest BCUT2D eigenvalue weighted by Crippen LogP contribution is 2.33. The molecule has 24 heavy (non-hydrogen) atoms. The van der Waals surface area contributed by atoms with E-state index >= 15 is 0 Å². The molecule has 0 unspecified atom stereocenters. The van der Waals surface area contributed by atoms with Crippen LogP contribution in [0, 0.1) is 21.3 Å². The van der Waals surface area contributed by atoms with Gasteiger partial charge in [0.05, 0.1) is 16.9 Å². The average Bonchev–Trinajstić information content (AvgIpc) is 2.45. The molecule has 11 heteroatoms. The first-order valence-electron chi connectivity index (χ1n) is 6.64. The van der Waals surface area contributed by atoms with Crippen LogP contribution >= 0.6 is 12.4 Å². The third-order valence-electron chi connectivity index (χ3n) is 3.31. The summed E-state index contributed by atoms with van der Waals surface area (Å²) in [5.74, 6) is -1.73. The van der Waals surface area contributed by atoms with Gasteiger partial charge in [-0.2, -0.15) is 0 Å². The molecule has 1 rings (SSSR count). The third kappa shape index (κ3) is 4.76. The summed E-state index contributed by atoms with van der Waals surface area (Å²) < 4.78 is 44.6. The topological polar surface area (TPSA) is 116 Å². The summed E-state index contributed by atoms with van der Waals surface area (Å²) in [7, 11) is -1.74. The molecule has 0 atom stereocenters. The lowest BCUT2D eigenvalue weighted by atomic mass is 9.94. The minimum Gasteiger partial charge on any atom is -0.488 e. The van der Waals surface area contributed by atoms with Crippen molar-refractivity contribution >= 4 is 28.1 Å². The lowest BCUT2D eigenvalue weighted by Gasteiger charge is -2.28. The number of hydrogen-bond acceptors (Lipinski definition) is 6. The number of sulfonamides is 1. The number of ether oxygens (including phenoxy) is 1. The van der Waals surface area contributed by atoms with Crippen LogP contribution in [-0.4, -0.2) is 44.9 Å². The number of nitro benzene ring substituents is 1. The summed E-state index contributed by atoms with van der Waals surface area (Å²) in [6.45, 7) is 3.86. The van der Waals surface area contributed by atoms with Crippen LogP contribution < -0.4 is 10.5 Å². The zero-order valence-corrected chi connectivity index (χ0v) is 15.4. The van der Waals surface area contributed by atoms with E-state index in [1.807, 2.05) is 0 Å². The van der Waals surface area contributed by atoms with Crippen molar-refractivity contribution in [2.75, 3.05) is 27.2 Å². The Labute approximate surface area is 146 Å². The third-order valence-corrected chi connectivity index (χ3v) is 5.09. The molecule has 1 aromatic rings. The van der Waals surface area contributed by atoms with E-state index in [9.17, 15) is 22.9 Å². The van der Waals surface area contributed by atoms with Gasteiger partial charge in [0, 0.05) is 19.7 Å². The minimum atomic E-state index is -4.11. The minimum absolute atomic E-state index is 0. The molecule has 0 aliphatic carbocycles. The Morgan fingerprint density at radius 3 is 2.38 bits per heavy atom. The van der Waals surface area contributed by atoms with Gasteiger partial charge in [-0.1, -0.05) is 13.8 Å². The fourth-order valence-corrected chi connectivity index (χ4v) is 3.37. The van der Waals surface area contributed by atoms with E-state index in [4.69, 9.17) is 5.73 Å². The second-order valence-corrected chi connectivity index (χ2v) is 7.89. The summed E-state index contributed by atoms with van der Waals surface area (Å²) in [6.07, 6.45) is 0. The molecule has 2 N–H and O–H groups in total. The van der Waals surface area contributed by atoms with Gasteiger partial charge in [-0.15, -0.1) is 12.4 Å². The van der Waals surface area contributed by atoms with Crippen molar-refractivity contribution in [2.45, 2.75) is 18.7 Å². The van der Waals surface area contributed by atoms with Crippen molar-refractivity contribution in [2.24, 2.45) is 11.1 Å². The molecule has 0 amide bonds. The van der Waals surface area contributed by atoms with Gasteiger partial charge in [0.15, 0.2) is 5.82 Å². The number of hydrogen-bond donors (Lipinski definition) is 1. The molecule has 0 spiro atoms. The number of nitro groups is 1. The first kappa shape index (κ1) is 22.5. The van der Waals surface area contributed by atoms with Crippen molar-refractivity contribution in [1.82, 2.24) is 4.31 Å². The van der Waals surface area contributed by atoms with Crippen LogP contribution in [-0.2, 0) is 10.0 Å². The Bertz CT molecular complexity index is 712. The number of rotatable bonds is 7. The van der Waals surface area contributed by atoms with E-state index in [1.165, 1.54) is 7.05 Å². The maximum Gasteiger partial charge on any atom is 0.315 e. The Morgan fingerprint density at radius 1 is 1.42 bits per heavy atom. The van der Waals surface area contributed by atoms with Crippen LogP contribution in [0.2, 0.25) is 0 Å². The highest BCUT2D eigenvalue weighted by atomic mass is 35.5. The highest BCUT2D eigenvalue weighted by molar-refractivity contribution is 7.89. The molecule has 1 aromatic carbocycles. The normalized spacial score (nSPS) is 12.0. The smallest absolute Gasteiger partial charge is 0.315 e. The summed E-state index contributed by atoms with van der Waals surface area (Å²) >= 11 is 0. The fraction of sp³-hybridized carbons (Fsp3) is 0.538. The second-order valence-electron chi connectivity index (χ2n) is 5.84. The molecule has 8 nitrogen and oxygen atoms in total. The summed E-state index contributed by atoms with van der Waals surface area (Å²) in [4.78, 5) is 9.58. The first-order chi connectivity index (χ1) is 10.5. The molecule has 0 fully saturated rings. The van der Waals surface area contributed by atoms with E-state index in [0.717, 1.165) is 17.5 Å². The van der Waals surface area contributed by atoms with Crippen molar-refractivity contribution in [3.05, 3.63) is 28.1 Å². The number of methoxy groups -OCH3 is 1. The van der Waals surface area contributed by atoms with E-state index < -0.39 is 42.5 Å². The van der Waals surface area contributed by atoms with Gasteiger partial charge in [-0.3, -0.25) is 10.1 Å². The number of halogens is 2. The van der Waals surface area contributed by atoms with Gasteiger partial charge in [-0.05, 0) is 18.0 Å². The molecule has 0 bridgehead atoms. The van der Waals surface area contributed by atoms with Gasteiger partial charge < -0.3 is 10.5 Å². The predicted octanol–water partition coefficient (Wildman–Crippen LogP) is 1.77. The molecule has 138 valence electrons. The van der Waals surface area contributed by atoms with Gasteiger partial charge >= 0.3 is 5.69 Å². The zero-order chi connectivity index (χ0) is 18.0. The van der Waals surface area contributed by atoms with E-state index in [-0.39, 0.29) is 25.5 Å². The monoisotopic (exact) mass is 385 g/mol. The van der Waals surface area contributed by atoms with Crippen LogP contribution in [0.1, 0.15) is 13.8 Å². The molecule has 0 radical (unpaired) electrons. The molecule has 0 aliphatic rings. The Hall–Kier alpha value is -1.49. The maximum absolute atomic E-state index is 13.9. The van der Waals surface area contributed by atoms with Gasteiger partial charge in [0.25, 0.3) is 0 Å². The lowest BCUT2D eigenvalue weighted by Crippen LogP contribution is -2.39. The Kier molecular flexibility index (Phi) is 7.56. The number of benzene rings is 1. The number of nitrogens with zero attached hydrogens (tertiary/aromatic N) is 2. The number of nitrogens with two attached hydrogens (primary N) is 1. The summed E-state index contributed by atoms with van der Waals surface area (Å²) in [6, 6.07) is 1.48. The van der Waals surface area contributed by atoms with Crippen LogP contribution in [0.5, 0.6) is 5.75 Å². The average molecular weight is 386 g/mol. The zero-order valence-electron chi connectivity index (χ0n) is 13.8. The van der Waals surface area contributed by atoms with Crippen molar-refractivity contribution < 1.29 is 22.5 Å². The van der Waals surface area contributed by atoms with Gasteiger partial charge in [0.1, 0.15) is 0 Å². The first-order valence-corrected chi connectivity index (χ1v) is 8.08. The SMILES string of the molecule is COc1c(F)cc(S(=O)(=O)N(C)CC(C)(C)CN)cc1[N+](=O)[O-].Cl. The molecule has 0 aromatic heterocycles. The van der Waals surface area contributed by atoms with E-state index in [0.29, 0.717) is 6.07 Å². The van der Waals surface area contributed by atoms with Crippen molar-refractivity contribution in [3.63, 3.8) is 0 Å². The standard InChI is InChI=1S/C13H20FN3O5S.ClH/c1-13(2,7-15)8-16(3)23(20,21)9-5-10(14)12(22-4)11(6-9)17(18)19;/h5-6H,7-8,15H2,1-4H3;1H. The maximum atomic E-state index is 13.9. The lowest BCUT2D eigenvalue weighted by molar-refractivity contribution is -0.386. The van der Waals surface area contributed by atoms with E-state index in [2.05, 4.69) is 4.74 Å². The highest BCUT2D eigenvalue weighted by Gasteiger charge is 2.31. The quantitative estimate of drug-likeness (QED) is 0.564. The predicted molar refractivity (Wildman–Crippen MR) is 89.5 cm³/mol. The van der Waals surface area contributed by atoms with Crippen LogP contribution in [0.15, 0.2) is 17.0 Å². The Morgan fingerprint density at radius 2 is 1.96 bits per heavy atom. The molecular weight excluding hydrogens is 365 g/mol. The Balaban J connectivity index is 0.00000529. The van der Waals surface area contributed by atoms with Crippen molar-refractivity contribution in [3.8, 4) is 5.75 Å². The molecule has 0 heterocycles. The second kappa shape index (κ2) is 8.06. The molecule has 0 saturated carbocycles. The van der Waals surface area contributed by atoms with Crippen molar-refractivity contribution in [1.29, 1.82) is 0 Å². The fourth-order valence-electron chi connectivity index (χ4n) is 1.97. The summed E-state index contributed by atoms with van der Waals surface area (Å²) in [5.41, 5.74) is 4.32. The van der Waals surface area contributed by atoms with Crippen LogP contribution in [0.4, 0.5) is 10.1 Å².